The summed E-state index contributed by atoms with van der Waals surface area (Å²) >= 11 is 9.60. The van der Waals surface area contributed by atoms with Gasteiger partial charge in [0.15, 0.2) is 5.13 Å². The molecular formula is C16H12Br2N2OS2. The average Bonchev–Trinajstić information content (AvgIpc) is 3.09. The number of thiazole rings is 1. The fourth-order valence-corrected chi connectivity index (χ4v) is 4.72. The van der Waals surface area contributed by atoms with E-state index in [0.717, 1.165) is 19.5 Å². The van der Waals surface area contributed by atoms with E-state index in [4.69, 9.17) is 0 Å². The highest BCUT2D eigenvalue weighted by Crippen LogP contribution is 2.33. The normalized spacial score (nSPS) is 10.8. The zero-order valence-electron chi connectivity index (χ0n) is 12.3. The quantitative estimate of drug-likeness (QED) is 0.489. The van der Waals surface area contributed by atoms with E-state index in [1.54, 1.807) is 6.07 Å². The van der Waals surface area contributed by atoms with E-state index < -0.39 is 0 Å². The molecule has 0 aliphatic carbocycles. The summed E-state index contributed by atoms with van der Waals surface area (Å²) in [5.74, 6) is -0.150. The van der Waals surface area contributed by atoms with Gasteiger partial charge in [-0.3, -0.25) is 10.1 Å². The number of thiophene rings is 1. The minimum absolute atomic E-state index is 0.150. The second kappa shape index (κ2) is 6.84. The number of amides is 1. The average molecular weight is 472 g/mol. The standard InChI is InChI=1S/C16H12Br2N2OS2/c1-8-3-4-9(2)10(5-8)12-7-22-16(19-12)20-15(21)13-6-11(17)14(18)23-13/h3-7H,1-2H3,(H,19,20,21). The van der Waals surface area contributed by atoms with Crippen LogP contribution in [0.3, 0.4) is 0 Å². The predicted molar refractivity (Wildman–Crippen MR) is 105 cm³/mol. The Kier molecular flexibility index (Phi) is 5.01. The van der Waals surface area contributed by atoms with Gasteiger partial charge in [-0.15, -0.1) is 22.7 Å². The minimum atomic E-state index is -0.150. The molecule has 1 aromatic carbocycles. The monoisotopic (exact) mass is 470 g/mol. The first-order valence-electron chi connectivity index (χ1n) is 6.73. The first-order chi connectivity index (χ1) is 10.9. The Bertz CT molecular complexity index is 867. The SMILES string of the molecule is Cc1ccc(C)c(-c2csc(NC(=O)c3cc(Br)c(Br)s3)n2)c1. The summed E-state index contributed by atoms with van der Waals surface area (Å²) in [5, 5.41) is 5.43. The summed E-state index contributed by atoms with van der Waals surface area (Å²) in [7, 11) is 0. The zero-order valence-corrected chi connectivity index (χ0v) is 17.1. The van der Waals surface area contributed by atoms with E-state index in [-0.39, 0.29) is 5.91 Å². The van der Waals surface area contributed by atoms with Crippen molar-refractivity contribution in [1.29, 1.82) is 0 Å². The third-order valence-electron chi connectivity index (χ3n) is 3.26. The van der Waals surface area contributed by atoms with Crippen LogP contribution in [0.15, 0.2) is 37.9 Å². The van der Waals surface area contributed by atoms with Gasteiger partial charge in [-0.1, -0.05) is 17.7 Å². The van der Waals surface area contributed by atoms with E-state index in [0.29, 0.717) is 10.0 Å². The lowest BCUT2D eigenvalue weighted by atomic mass is 10.0. The van der Waals surface area contributed by atoms with Crippen LogP contribution in [-0.4, -0.2) is 10.9 Å². The molecular weight excluding hydrogens is 460 g/mol. The zero-order chi connectivity index (χ0) is 16.6. The van der Waals surface area contributed by atoms with Crippen LogP contribution in [0.2, 0.25) is 0 Å². The number of anilines is 1. The number of benzene rings is 1. The Morgan fingerprint density at radius 1 is 1.22 bits per heavy atom. The summed E-state index contributed by atoms with van der Waals surface area (Å²) in [6, 6.07) is 8.08. The van der Waals surface area contributed by atoms with Crippen LogP contribution in [-0.2, 0) is 0 Å². The second-order valence-electron chi connectivity index (χ2n) is 5.04. The number of nitrogens with zero attached hydrogens (tertiary/aromatic N) is 1. The predicted octanol–water partition coefficient (Wildman–Crippen LogP) is 6.27. The molecule has 0 saturated heterocycles. The lowest BCUT2D eigenvalue weighted by molar-refractivity contribution is 0.103. The molecule has 3 nitrogen and oxygen atoms in total. The molecule has 2 aromatic heterocycles. The van der Waals surface area contributed by atoms with E-state index >= 15 is 0 Å². The molecule has 118 valence electrons. The van der Waals surface area contributed by atoms with Gasteiger partial charge in [-0.05, 0) is 63.4 Å². The molecule has 0 saturated carbocycles. The maximum atomic E-state index is 12.3. The first-order valence-corrected chi connectivity index (χ1v) is 10.0. The molecule has 0 spiro atoms. The van der Waals surface area contributed by atoms with Gasteiger partial charge >= 0.3 is 0 Å². The first kappa shape index (κ1) is 16.8. The Labute approximate surface area is 159 Å². The van der Waals surface area contributed by atoms with Crippen molar-refractivity contribution in [3.63, 3.8) is 0 Å². The number of aromatic nitrogens is 1. The summed E-state index contributed by atoms with van der Waals surface area (Å²) < 4.78 is 1.78. The highest BCUT2D eigenvalue weighted by atomic mass is 79.9. The molecule has 0 radical (unpaired) electrons. The number of hydrogen-bond donors (Lipinski definition) is 1. The van der Waals surface area contributed by atoms with Gasteiger partial charge in [0.1, 0.15) is 0 Å². The molecule has 0 aliphatic rings. The largest absolute Gasteiger partial charge is 0.297 e. The third-order valence-corrected chi connectivity index (χ3v) is 7.28. The molecule has 3 aromatic rings. The second-order valence-corrected chi connectivity index (χ2v) is 9.13. The summed E-state index contributed by atoms with van der Waals surface area (Å²) in [6.45, 7) is 4.12. The maximum Gasteiger partial charge on any atom is 0.267 e. The molecule has 0 atom stereocenters. The molecule has 23 heavy (non-hydrogen) atoms. The van der Waals surface area contributed by atoms with Gasteiger partial charge in [0.25, 0.3) is 5.91 Å². The van der Waals surface area contributed by atoms with Crippen molar-refractivity contribution in [2.75, 3.05) is 5.32 Å². The summed E-state index contributed by atoms with van der Waals surface area (Å²) in [6.07, 6.45) is 0. The van der Waals surface area contributed by atoms with Gasteiger partial charge in [0.05, 0.1) is 14.4 Å². The lowest BCUT2D eigenvalue weighted by Gasteiger charge is -2.03. The van der Waals surface area contributed by atoms with Crippen molar-refractivity contribution in [1.82, 2.24) is 4.98 Å². The van der Waals surface area contributed by atoms with E-state index in [1.807, 2.05) is 5.38 Å². The van der Waals surface area contributed by atoms with Crippen LogP contribution in [0.1, 0.15) is 20.8 Å². The highest BCUT2D eigenvalue weighted by molar-refractivity contribution is 9.13. The van der Waals surface area contributed by atoms with Crippen molar-refractivity contribution < 1.29 is 4.79 Å². The number of hydrogen-bond acceptors (Lipinski definition) is 4. The Morgan fingerprint density at radius 2 is 2.00 bits per heavy atom. The Balaban J connectivity index is 1.82. The van der Waals surface area contributed by atoms with Gasteiger partial charge in [-0.2, -0.15) is 0 Å². The van der Waals surface area contributed by atoms with E-state index in [9.17, 15) is 4.79 Å². The van der Waals surface area contributed by atoms with Gasteiger partial charge < -0.3 is 0 Å². The van der Waals surface area contributed by atoms with Crippen molar-refractivity contribution in [2.24, 2.45) is 0 Å². The summed E-state index contributed by atoms with van der Waals surface area (Å²) in [5.41, 5.74) is 4.35. The van der Waals surface area contributed by atoms with Gasteiger partial charge in [0, 0.05) is 15.4 Å². The summed E-state index contributed by atoms with van der Waals surface area (Å²) in [4.78, 5) is 17.4. The van der Waals surface area contributed by atoms with Crippen LogP contribution in [0.25, 0.3) is 11.3 Å². The van der Waals surface area contributed by atoms with Crippen molar-refractivity contribution in [2.45, 2.75) is 13.8 Å². The molecule has 2 heterocycles. The number of halogens is 2. The smallest absolute Gasteiger partial charge is 0.267 e. The van der Waals surface area contributed by atoms with Gasteiger partial charge in [0.2, 0.25) is 0 Å². The van der Waals surface area contributed by atoms with Crippen LogP contribution < -0.4 is 5.32 Å². The topological polar surface area (TPSA) is 42.0 Å². The van der Waals surface area contributed by atoms with E-state index in [1.165, 1.54) is 33.8 Å². The number of carbonyl (C=O) groups excluding carboxylic acids is 1. The fourth-order valence-electron chi connectivity index (χ4n) is 2.08. The molecule has 0 aliphatic heterocycles. The number of rotatable bonds is 3. The molecule has 0 fully saturated rings. The molecule has 0 bridgehead atoms. The molecule has 1 N–H and O–H groups in total. The lowest BCUT2D eigenvalue weighted by Crippen LogP contribution is -2.09. The number of nitrogens with one attached hydrogen (secondary N) is 1. The molecule has 0 unspecified atom stereocenters. The van der Waals surface area contributed by atoms with Crippen molar-refractivity contribution >= 4 is 65.6 Å². The van der Waals surface area contributed by atoms with Crippen molar-refractivity contribution in [3.05, 3.63) is 53.9 Å². The van der Waals surface area contributed by atoms with E-state index in [2.05, 4.69) is 74.2 Å². The highest BCUT2D eigenvalue weighted by Gasteiger charge is 2.14. The van der Waals surface area contributed by atoms with Crippen LogP contribution >= 0.6 is 54.5 Å². The molecule has 3 rings (SSSR count). The van der Waals surface area contributed by atoms with Crippen molar-refractivity contribution in [3.8, 4) is 11.3 Å². The molecule has 1 amide bonds. The fraction of sp³-hybridized carbons (Fsp3) is 0.125. The van der Waals surface area contributed by atoms with Gasteiger partial charge in [-0.25, -0.2) is 4.98 Å². The Morgan fingerprint density at radius 3 is 2.70 bits per heavy atom. The maximum absolute atomic E-state index is 12.3. The van der Waals surface area contributed by atoms with Crippen LogP contribution in [0, 0.1) is 13.8 Å². The number of aryl methyl sites for hydroxylation is 2. The molecule has 7 heteroatoms. The minimum Gasteiger partial charge on any atom is -0.297 e. The third kappa shape index (κ3) is 3.74. The van der Waals surface area contributed by atoms with Crippen LogP contribution in [0.5, 0.6) is 0 Å². The van der Waals surface area contributed by atoms with Crippen LogP contribution in [0.4, 0.5) is 5.13 Å². The Hall–Kier alpha value is -1.02. The number of carbonyl (C=O) groups is 1.